The van der Waals surface area contributed by atoms with Crippen LogP contribution in [0, 0.1) is 11.3 Å². The molecule has 31 heavy (non-hydrogen) atoms. The average molecular weight is 427 g/mol. The van der Waals surface area contributed by atoms with Crippen LogP contribution in [0.5, 0.6) is 0 Å². The Morgan fingerprint density at radius 3 is 2.52 bits per heavy atom. The smallest absolute Gasteiger partial charge is 0.306 e. The molecule has 166 valence electrons. The van der Waals surface area contributed by atoms with Gasteiger partial charge >= 0.3 is 5.97 Å². The van der Waals surface area contributed by atoms with Gasteiger partial charge in [-0.1, -0.05) is 43.2 Å². The first-order valence-electron chi connectivity index (χ1n) is 10.7. The highest BCUT2D eigenvalue weighted by Crippen LogP contribution is 2.44. The van der Waals surface area contributed by atoms with Crippen molar-refractivity contribution in [3.63, 3.8) is 0 Å². The number of pyridine rings is 1. The van der Waals surface area contributed by atoms with Crippen molar-refractivity contribution in [1.82, 2.24) is 4.57 Å². The van der Waals surface area contributed by atoms with Crippen molar-refractivity contribution in [1.29, 1.82) is 0 Å². The number of aromatic nitrogens is 1. The molecule has 3 rings (SSSR count). The van der Waals surface area contributed by atoms with Crippen molar-refractivity contribution >= 4 is 17.6 Å². The van der Waals surface area contributed by atoms with Gasteiger partial charge in [-0.05, 0) is 37.3 Å². The van der Waals surface area contributed by atoms with Crippen molar-refractivity contribution in [3.8, 4) is 0 Å². The summed E-state index contributed by atoms with van der Waals surface area (Å²) in [6.07, 6.45) is 5.45. The van der Waals surface area contributed by atoms with Crippen LogP contribution in [0.15, 0.2) is 53.5 Å². The minimum atomic E-state index is -0.896. The number of hydrogen-bond acceptors (Lipinski definition) is 4. The van der Waals surface area contributed by atoms with E-state index in [4.69, 9.17) is 4.74 Å². The molecule has 2 aromatic rings. The molecule has 7 heteroatoms. The number of ether oxygens (including phenoxy) is 1. The molecule has 0 radical (unpaired) electrons. The number of hydrogen-bond donors (Lipinski definition) is 2. The Balaban J connectivity index is 1.77. The Morgan fingerprint density at radius 2 is 1.87 bits per heavy atom. The summed E-state index contributed by atoms with van der Waals surface area (Å²) in [5.41, 5.74) is 0.665. The number of nitrogens with zero attached hydrogens (tertiary/aromatic N) is 1. The molecule has 1 aliphatic carbocycles. The largest absolute Gasteiger partial charge is 0.481 e. The Kier molecular flexibility index (Phi) is 7.63. The number of carboxylic acids is 1. The van der Waals surface area contributed by atoms with Gasteiger partial charge in [-0.2, -0.15) is 0 Å². The van der Waals surface area contributed by atoms with E-state index in [1.54, 1.807) is 23.9 Å². The lowest BCUT2D eigenvalue weighted by atomic mass is 9.76. The molecule has 1 heterocycles. The van der Waals surface area contributed by atoms with Crippen molar-refractivity contribution in [2.45, 2.75) is 45.1 Å². The molecule has 1 unspecified atom stereocenters. The number of anilines is 1. The summed E-state index contributed by atoms with van der Waals surface area (Å²) in [6, 6.07) is 12.7. The standard InChI is InChI=1S/C24H30N2O5/c1-31-14-11-19(22(28)29)15-24(12-5-6-13-24)23(30)25-20-9-10-21(27)26(17-20)16-18-7-3-2-4-8-18/h2-4,7-10,17,19H,5-6,11-16H2,1H3,(H,25,30)(H,28,29). The highest BCUT2D eigenvalue weighted by molar-refractivity contribution is 5.95. The third-order valence-corrected chi connectivity index (χ3v) is 6.14. The molecule has 0 aliphatic heterocycles. The Bertz CT molecular complexity index is 948. The van der Waals surface area contributed by atoms with Gasteiger partial charge in [0.05, 0.1) is 23.6 Å². The summed E-state index contributed by atoms with van der Waals surface area (Å²) in [7, 11) is 1.54. The summed E-state index contributed by atoms with van der Waals surface area (Å²) >= 11 is 0. The van der Waals surface area contributed by atoms with E-state index in [9.17, 15) is 19.5 Å². The fourth-order valence-corrected chi connectivity index (χ4v) is 4.39. The minimum Gasteiger partial charge on any atom is -0.481 e. The second-order valence-corrected chi connectivity index (χ2v) is 8.33. The van der Waals surface area contributed by atoms with Gasteiger partial charge in [-0.15, -0.1) is 0 Å². The van der Waals surface area contributed by atoms with E-state index < -0.39 is 17.3 Å². The van der Waals surface area contributed by atoms with Crippen molar-refractivity contribution in [2.75, 3.05) is 19.0 Å². The van der Waals surface area contributed by atoms with E-state index in [-0.39, 0.29) is 11.5 Å². The van der Waals surface area contributed by atoms with Crippen LogP contribution in [0.4, 0.5) is 5.69 Å². The molecule has 2 N–H and O–H groups in total. The SMILES string of the molecule is COCCC(CC1(C(=O)Nc2ccc(=O)n(Cc3ccccc3)c2)CCCC1)C(=O)O. The molecule has 1 saturated carbocycles. The highest BCUT2D eigenvalue weighted by Gasteiger charge is 2.44. The predicted molar refractivity (Wildman–Crippen MR) is 118 cm³/mol. The van der Waals surface area contributed by atoms with Gasteiger partial charge in [-0.25, -0.2) is 0 Å². The van der Waals surface area contributed by atoms with Gasteiger partial charge < -0.3 is 19.7 Å². The van der Waals surface area contributed by atoms with Crippen LogP contribution in [0.2, 0.25) is 0 Å². The van der Waals surface area contributed by atoms with E-state index in [1.807, 2.05) is 30.3 Å². The molecular formula is C24H30N2O5. The number of carbonyl (C=O) groups excluding carboxylic acids is 1. The second kappa shape index (κ2) is 10.4. The molecule has 1 aromatic heterocycles. The van der Waals surface area contributed by atoms with Crippen LogP contribution < -0.4 is 10.9 Å². The summed E-state index contributed by atoms with van der Waals surface area (Å²) in [4.78, 5) is 37.3. The molecule has 1 atom stereocenters. The first kappa shape index (κ1) is 22.7. The quantitative estimate of drug-likeness (QED) is 0.606. The number of rotatable bonds is 10. The number of methoxy groups -OCH3 is 1. The second-order valence-electron chi connectivity index (χ2n) is 8.33. The number of nitrogens with one attached hydrogen (secondary N) is 1. The number of benzene rings is 1. The molecule has 0 saturated heterocycles. The van der Waals surface area contributed by atoms with E-state index in [0.717, 1.165) is 18.4 Å². The van der Waals surface area contributed by atoms with Crippen molar-refractivity contribution in [3.05, 3.63) is 64.6 Å². The predicted octanol–water partition coefficient (Wildman–Crippen LogP) is 3.52. The minimum absolute atomic E-state index is 0.150. The van der Waals surface area contributed by atoms with Crippen molar-refractivity contribution < 1.29 is 19.4 Å². The maximum atomic E-state index is 13.3. The fraction of sp³-hybridized carbons (Fsp3) is 0.458. The van der Waals surface area contributed by atoms with Gasteiger partial charge in [0.15, 0.2) is 0 Å². The first-order valence-corrected chi connectivity index (χ1v) is 10.7. The zero-order valence-electron chi connectivity index (χ0n) is 17.9. The molecule has 1 fully saturated rings. The summed E-state index contributed by atoms with van der Waals surface area (Å²) in [6.45, 7) is 0.756. The zero-order chi connectivity index (χ0) is 22.3. The topological polar surface area (TPSA) is 97.6 Å². The third-order valence-electron chi connectivity index (χ3n) is 6.14. The van der Waals surface area contributed by atoms with Crippen LogP contribution in [-0.2, 0) is 20.9 Å². The summed E-state index contributed by atoms with van der Waals surface area (Å²) in [5.74, 6) is -1.69. The Labute approximate surface area is 182 Å². The Hall–Kier alpha value is -2.93. The van der Waals surface area contributed by atoms with Gasteiger partial charge in [0.25, 0.3) is 5.56 Å². The van der Waals surface area contributed by atoms with E-state index in [2.05, 4.69) is 5.32 Å². The fourth-order valence-electron chi connectivity index (χ4n) is 4.39. The summed E-state index contributed by atoms with van der Waals surface area (Å²) < 4.78 is 6.61. The molecule has 1 aliphatic rings. The van der Waals surface area contributed by atoms with Crippen LogP contribution >= 0.6 is 0 Å². The molecule has 1 aromatic carbocycles. The average Bonchev–Trinajstić information content (AvgIpc) is 3.24. The van der Waals surface area contributed by atoms with Crippen LogP contribution in [0.1, 0.15) is 44.1 Å². The Morgan fingerprint density at radius 1 is 1.16 bits per heavy atom. The molecule has 0 bridgehead atoms. The number of carbonyl (C=O) groups is 2. The molecule has 0 spiro atoms. The molecular weight excluding hydrogens is 396 g/mol. The normalized spacial score (nSPS) is 16.0. The van der Waals surface area contributed by atoms with Crippen LogP contribution in [0.3, 0.4) is 0 Å². The lowest BCUT2D eigenvalue weighted by Gasteiger charge is -2.30. The molecule has 1 amide bonds. The zero-order valence-corrected chi connectivity index (χ0v) is 17.9. The van der Waals surface area contributed by atoms with E-state index in [0.29, 0.717) is 44.5 Å². The highest BCUT2D eigenvalue weighted by atomic mass is 16.5. The van der Waals surface area contributed by atoms with Gasteiger partial charge in [0, 0.05) is 26.0 Å². The van der Waals surface area contributed by atoms with Crippen LogP contribution in [0.25, 0.3) is 0 Å². The van der Waals surface area contributed by atoms with E-state index in [1.165, 1.54) is 6.07 Å². The van der Waals surface area contributed by atoms with E-state index >= 15 is 0 Å². The maximum Gasteiger partial charge on any atom is 0.306 e. The first-order chi connectivity index (χ1) is 14.9. The lowest BCUT2D eigenvalue weighted by molar-refractivity contribution is -0.144. The van der Waals surface area contributed by atoms with Crippen molar-refractivity contribution in [2.24, 2.45) is 11.3 Å². The lowest BCUT2D eigenvalue weighted by Crippen LogP contribution is -2.37. The monoisotopic (exact) mass is 426 g/mol. The summed E-state index contributed by atoms with van der Waals surface area (Å²) in [5, 5.41) is 12.6. The van der Waals surface area contributed by atoms with Gasteiger partial charge in [-0.3, -0.25) is 14.4 Å². The van der Waals surface area contributed by atoms with Crippen LogP contribution in [-0.4, -0.2) is 35.3 Å². The number of amides is 1. The molecule has 7 nitrogen and oxygen atoms in total. The van der Waals surface area contributed by atoms with Gasteiger partial charge in [0.1, 0.15) is 0 Å². The number of aliphatic carboxylic acids is 1. The number of carboxylic acid groups (broad SMARTS) is 1. The third kappa shape index (κ3) is 5.82. The maximum absolute atomic E-state index is 13.3. The van der Waals surface area contributed by atoms with Gasteiger partial charge in [0.2, 0.25) is 5.91 Å².